The Morgan fingerprint density at radius 2 is 1.96 bits per heavy atom. The van der Waals surface area contributed by atoms with Crippen LogP contribution < -0.4 is 10.5 Å². The minimum Gasteiger partial charge on any atom is -0.483 e. The Labute approximate surface area is 142 Å². The van der Waals surface area contributed by atoms with Crippen LogP contribution in [-0.2, 0) is 16.1 Å². The molecular weight excluding hydrogens is 306 g/mol. The first-order chi connectivity index (χ1) is 11.4. The van der Waals surface area contributed by atoms with Crippen molar-refractivity contribution in [1.29, 1.82) is 0 Å². The van der Waals surface area contributed by atoms with Gasteiger partial charge in [0.05, 0.1) is 19.1 Å². The molecule has 0 radical (unpaired) electrons. The molecule has 0 saturated carbocycles. The van der Waals surface area contributed by atoms with Crippen LogP contribution in [0.15, 0.2) is 24.3 Å². The van der Waals surface area contributed by atoms with Crippen molar-refractivity contribution in [1.82, 2.24) is 9.80 Å². The third-order valence-electron chi connectivity index (χ3n) is 4.83. The molecule has 1 saturated heterocycles. The lowest BCUT2D eigenvalue weighted by Gasteiger charge is -2.44. The molecule has 1 aromatic carbocycles. The largest absolute Gasteiger partial charge is 0.483 e. The molecule has 0 aromatic heterocycles. The van der Waals surface area contributed by atoms with Gasteiger partial charge in [-0.25, -0.2) is 0 Å². The highest BCUT2D eigenvalue weighted by molar-refractivity contribution is 5.81. The van der Waals surface area contributed by atoms with Crippen molar-refractivity contribution in [2.45, 2.75) is 44.9 Å². The van der Waals surface area contributed by atoms with Gasteiger partial charge in [0.1, 0.15) is 11.4 Å². The number of nitrogens with zero attached hydrogens (tertiary/aromatic N) is 2. The predicted molar refractivity (Wildman–Crippen MR) is 90.4 cm³/mol. The summed E-state index contributed by atoms with van der Waals surface area (Å²) in [5.41, 5.74) is 6.20. The molecule has 2 amide bonds. The normalized spacial score (nSPS) is 24.8. The predicted octanol–water partition coefficient (Wildman–Crippen LogP) is 1.14. The number of carbonyl (C=O) groups is 2. The fourth-order valence-corrected chi connectivity index (χ4v) is 3.62. The summed E-state index contributed by atoms with van der Waals surface area (Å²) in [7, 11) is 0. The number of likely N-dealkylation sites (tertiary alicyclic amines) is 1. The van der Waals surface area contributed by atoms with E-state index in [2.05, 4.69) is 0 Å². The Morgan fingerprint density at radius 1 is 1.25 bits per heavy atom. The smallest absolute Gasteiger partial charge is 0.239 e. The molecule has 24 heavy (non-hydrogen) atoms. The molecule has 2 aliphatic rings. The number of rotatable bonds is 1. The number of para-hydroxylation sites is 1. The highest BCUT2D eigenvalue weighted by Gasteiger charge is 2.43. The van der Waals surface area contributed by atoms with Gasteiger partial charge in [-0.1, -0.05) is 18.2 Å². The second-order valence-corrected chi connectivity index (χ2v) is 6.92. The second-order valence-electron chi connectivity index (χ2n) is 6.92. The van der Waals surface area contributed by atoms with E-state index < -0.39 is 11.6 Å². The Kier molecular flexibility index (Phi) is 4.49. The molecule has 2 heterocycles. The van der Waals surface area contributed by atoms with Crippen LogP contribution in [0.5, 0.6) is 5.75 Å². The molecular formula is C18H25N3O3. The van der Waals surface area contributed by atoms with Gasteiger partial charge in [0.15, 0.2) is 0 Å². The van der Waals surface area contributed by atoms with Crippen LogP contribution in [0.1, 0.15) is 32.3 Å². The third-order valence-corrected chi connectivity index (χ3v) is 4.83. The minimum atomic E-state index is -0.568. The van der Waals surface area contributed by atoms with Gasteiger partial charge in [0.25, 0.3) is 0 Å². The van der Waals surface area contributed by atoms with Crippen LogP contribution in [0.4, 0.5) is 0 Å². The van der Waals surface area contributed by atoms with Crippen LogP contribution in [0.2, 0.25) is 0 Å². The minimum absolute atomic E-state index is 0.0188. The molecule has 3 rings (SSSR count). The van der Waals surface area contributed by atoms with E-state index in [0.29, 0.717) is 26.2 Å². The summed E-state index contributed by atoms with van der Waals surface area (Å²) in [6.07, 6.45) is 1.65. The molecule has 2 N–H and O–H groups in total. The van der Waals surface area contributed by atoms with Crippen molar-refractivity contribution in [3.63, 3.8) is 0 Å². The SMILES string of the molecule is CC(=O)N1Cc2ccccc2O[C@]2(CCCN(C(=O)[C@H](C)N)C2)C1. The summed E-state index contributed by atoms with van der Waals surface area (Å²) in [4.78, 5) is 28.0. The van der Waals surface area contributed by atoms with E-state index in [1.54, 1.807) is 18.7 Å². The molecule has 6 heteroatoms. The summed E-state index contributed by atoms with van der Waals surface area (Å²) >= 11 is 0. The van der Waals surface area contributed by atoms with E-state index in [-0.39, 0.29) is 11.8 Å². The van der Waals surface area contributed by atoms with Crippen molar-refractivity contribution in [3.05, 3.63) is 29.8 Å². The third kappa shape index (κ3) is 3.24. The first-order valence-electron chi connectivity index (χ1n) is 8.47. The quantitative estimate of drug-likeness (QED) is 0.837. The zero-order chi connectivity index (χ0) is 17.3. The van der Waals surface area contributed by atoms with Crippen molar-refractivity contribution in [2.75, 3.05) is 19.6 Å². The first kappa shape index (κ1) is 16.8. The zero-order valence-electron chi connectivity index (χ0n) is 14.3. The average molecular weight is 331 g/mol. The summed E-state index contributed by atoms with van der Waals surface area (Å²) in [5, 5.41) is 0. The highest BCUT2D eigenvalue weighted by Crippen LogP contribution is 2.34. The lowest BCUT2D eigenvalue weighted by atomic mass is 9.91. The Morgan fingerprint density at radius 3 is 2.67 bits per heavy atom. The molecule has 2 atom stereocenters. The van der Waals surface area contributed by atoms with Gasteiger partial charge >= 0.3 is 0 Å². The molecule has 1 aromatic rings. The van der Waals surface area contributed by atoms with Crippen LogP contribution in [0, 0.1) is 0 Å². The summed E-state index contributed by atoms with van der Waals surface area (Å²) in [5.74, 6) is 0.756. The zero-order valence-corrected chi connectivity index (χ0v) is 14.3. The van der Waals surface area contributed by atoms with Gasteiger partial charge in [0.2, 0.25) is 11.8 Å². The summed E-state index contributed by atoms with van der Waals surface area (Å²) in [6.45, 7) is 5.46. The maximum atomic E-state index is 12.3. The van der Waals surface area contributed by atoms with Crippen molar-refractivity contribution in [2.24, 2.45) is 5.73 Å². The molecule has 6 nitrogen and oxygen atoms in total. The highest BCUT2D eigenvalue weighted by atomic mass is 16.5. The van der Waals surface area contributed by atoms with Crippen LogP contribution in [0.25, 0.3) is 0 Å². The van der Waals surface area contributed by atoms with E-state index >= 15 is 0 Å². The van der Waals surface area contributed by atoms with Gasteiger partial charge in [-0.2, -0.15) is 0 Å². The first-order valence-corrected chi connectivity index (χ1v) is 8.47. The van der Waals surface area contributed by atoms with Crippen LogP contribution >= 0.6 is 0 Å². The number of benzene rings is 1. The molecule has 1 fully saturated rings. The summed E-state index contributed by atoms with van der Waals surface area (Å²) in [6, 6.07) is 7.28. The lowest BCUT2D eigenvalue weighted by Crippen LogP contribution is -2.60. The van der Waals surface area contributed by atoms with E-state index in [1.165, 1.54) is 0 Å². The fraction of sp³-hybridized carbons (Fsp3) is 0.556. The Bertz CT molecular complexity index is 646. The average Bonchev–Trinajstić information content (AvgIpc) is 2.70. The molecule has 0 unspecified atom stereocenters. The van der Waals surface area contributed by atoms with E-state index in [0.717, 1.165) is 24.2 Å². The number of fused-ring (bicyclic) bond motifs is 1. The Balaban J connectivity index is 1.92. The number of ether oxygens (including phenoxy) is 1. The van der Waals surface area contributed by atoms with Gasteiger partial charge in [-0.05, 0) is 25.8 Å². The number of carbonyl (C=O) groups excluding carboxylic acids is 2. The topological polar surface area (TPSA) is 75.9 Å². The number of amides is 2. The standard InChI is InChI=1S/C18H25N3O3/c1-13(19)17(23)20-9-5-8-18(11-20)12-21(14(2)22)10-15-6-3-4-7-16(15)24-18/h3-4,6-7,13H,5,8-12,19H2,1-2H3/t13-,18-/m0/s1. The van der Waals surface area contributed by atoms with Crippen molar-refractivity contribution < 1.29 is 14.3 Å². The lowest BCUT2D eigenvalue weighted by molar-refractivity contribution is -0.140. The van der Waals surface area contributed by atoms with Gasteiger partial charge in [-0.15, -0.1) is 0 Å². The van der Waals surface area contributed by atoms with Gasteiger partial charge < -0.3 is 20.3 Å². The van der Waals surface area contributed by atoms with Crippen molar-refractivity contribution >= 4 is 11.8 Å². The van der Waals surface area contributed by atoms with E-state index in [4.69, 9.17) is 10.5 Å². The maximum Gasteiger partial charge on any atom is 0.239 e. The number of piperidine rings is 1. The molecule has 2 aliphatic heterocycles. The van der Waals surface area contributed by atoms with Crippen LogP contribution in [-0.4, -0.2) is 52.9 Å². The second kappa shape index (κ2) is 6.43. The molecule has 130 valence electrons. The Hall–Kier alpha value is -2.08. The number of nitrogens with two attached hydrogens (primary N) is 1. The van der Waals surface area contributed by atoms with Crippen LogP contribution in [0.3, 0.4) is 0 Å². The molecule has 1 spiro atoms. The van der Waals surface area contributed by atoms with E-state index in [1.807, 2.05) is 29.2 Å². The molecule has 0 aliphatic carbocycles. The number of hydrogen-bond donors (Lipinski definition) is 1. The monoisotopic (exact) mass is 331 g/mol. The number of hydrogen-bond acceptors (Lipinski definition) is 4. The van der Waals surface area contributed by atoms with Crippen molar-refractivity contribution in [3.8, 4) is 5.75 Å². The van der Waals surface area contributed by atoms with Gasteiger partial charge in [-0.3, -0.25) is 9.59 Å². The molecule has 0 bridgehead atoms. The van der Waals surface area contributed by atoms with Gasteiger partial charge in [0, 0.05) is 25.6 Å². The van der Waals surface area contributed by atoms with E-state index in [9.17, 15) is 9.59 Å². The summed E-state index contributed by atoms with van der Waals surface area (Å²) < 4.78 is 6.40. The maximum absolute atomic E-state index is 12.3. The fourth-order valence-electron chi connectivity index (χ4n) is 3.62.